The monoisotopic (exact) mass is 402 g/mol. The van der Waals surface area contributed by atoms with Crippen LogP contribution in [-0.4, -0.2) is 56.4 Å². The molecule has 0 bridgehead atoms. The van der Waals surface area contributed by atoms with E-state index < -0.39 is 18.2 Å². The number of urea groups is 1. The van der Waals surface area contributed by atoms with Crippen molar-refractivity contribution in [3.05, 3.63) is 40.4 Å². The summed E-state index contributed by atoms with van der Waals surface area (Å²) in [5, 5.41) is 12.1. The molecule has 10 heteroatoms. The number of aromatic nitrogens is 2. The fourth-order valence-electron chi connectivity index (χ4n) is 3.16. The van der Waals surface area contributed by atoms with Crippen molar-refractivity contribution in [3.63, 3.8) is 0 Å². The first kappa shape index (κ1) is 17.9. The standard InChI is InChI=1S/C17H18N6O2S2/c1-9-5-4-6-11(7-9)8-23-12-13(22(3)15(25)19-14(12)24)18-16(23)27-17-21-20-10(2)26-17/h4-7,12-13H,8H2,1-3H3,(H,19,24,25). The van der Waals surface area contributed by atoms with Gasteiger partial charge in [-0.15, -0.1) is 10.2 Å². The molecule has 2 aromatic rings. The Balaban J connectivity index is 1.68. The maximum absolute atomic E-state index is 12.6. The van der Waals surface area contributed by atoms with Gasteiger partial charge in [0.1, 0.15) is 5.01 Å². The van der Waals surface area contributed by atoms with Crippen molar-refractivity contribution in [1.82, 2.24) is 25.3 Å². The van der Waals surface area contributed by atoms with Gasteiger partial charge >= 0.3 is 6.03 Å². The number of aliphatic imine (C=N–C) groups is 1. The maximum Gasteiger partial charge on any atom is 0.325 e. The molecule has 3 amide bonds. The lowest BCUT2D eigenvalue weighted by Gasteiger charge is -2.36. The third-order valence-corrected chi connectivity index (χ3v) is 6.36. The lowest BCUT2D eigenvalue weighted by molar-refractivity contribution is -0.127. The van der Waals surface area contributed by atoms with Gasteiger partial charge in [-0.25, -0.2) is 9.79 Å². The molecule has 4 rings (SSSR count). The van der Waals surface area contributed by atoms with Crippen molar-refractivity contribution in [2.75, 3.05) is 7.05 Å². The topological polar surface area (TPSA) is 90.8 Å². The minimum absolute atomic E-state index is 0.330. The second-order valence-corrected chi connectivity index (χ2v) is 8.88. The fourth-order valence-corrected chi connectivity index (χ4v) is 5.02. The largest absolute Gasteiger partial charge is 0.331 e. The Morgan fingerprint density at radius 2 is 2.07 bits per heavy atom. The summed E-state index contributed by atoms with van der Waals surface area (Å²) < 4.78 is 0.758. The lowest BCUT2D eigenvalue weighted by atomic mass is 10.1. The zero-order valence-electron chi connectivity index (χ0n) is 15.0. The van der Waals surface area contributed by atoms with Gasteiger partial charge in [0, 0.05) is 13.6 Å². The predicted octanol–water partition coefficient (Wildman–Crippen LogP) is 2.00. The van der Waals surface area contributed by atoms with Gasteiger partial charge in [0.15, 0.2) is 21.7 Å². The first-order chi connectivity index (χ1) is 12.9. The molecule has 3 heterocycles. The number of carbonyl (C=O) groups excluding carboxylic acids is 2. The summed E-state index contributed by atoms with van der Waals surface area (Å²) in [5.41, 5.74) is 2.22. The van der Waals surface area contributed by atoms with Crippen LogP contribution in [0.3, 0.4) is 0 Å². The van der Waals surface area contributed by atoms with Crippen LogP contribution in [0, 0.1) is 13.8 Å². The zero-order chi connectivity index (χ0) is 19.1. The van der Waals surface area contributed by atoms with Gasteiger partial charge in [-0.2, -0.15) is 0 Å². The lowest BCUT2D eigenvalue weighted by Crippen LogP contribution is -2.63. The highest BCUT2D eigenvalue weighted by Gasteiger charge is 2.48. The van der Waals surface area contributed by atoms with E-state index in [1.807, 2.05) is 36.9 Å². The molecule has 1 aromatic heterocycles. The molecule has 2 aliphatic heterocycles. The average Bonchev–Trinajstić information content (AvgIpc) is 3.18. The SMILES string of the molecule is Cc1cccc(CN2C(Sc3nnc(C)s3)=NC3C2C(=O)NC(=O)N3C)c1. The molecule has 27 heavy (non-hydrogen) atoms. The number of amidine groups is 1. The van der Waals surface area contributed by atoms with Gasteiger partial charge in [-0.1, -0.05) is 41.2 Å². The number of rotatable bonds is 3. The van der Waals surface area contributed by atoms with E-state index >= 15 is 0 Å². The van der Waals surface area contributed by atoms with Crippen LogP contribution in [0.4, 0.5) is 4.79 Å². The predicted molar refractivity (Wildman–Crippen MR) is 104 cm³/mol. The highest BCUT2D eigenvalue weighted by atomic mass is 32.2. The molecular weight excluding hydrogens is 384 g/mol. The number of fused-ring (bicyclic) bond motifs is 1. The average molecular weight is 403 g/mol. The third kappa shape index (κ3) is 3.42. The number of thioether (sulfide) groups is 1. The Morgan fingerprint density at radius 3 is 2.78 bits per heavy atom. The van der Waals surface area contributed by atoms with Crippen molar-refractivity contribution >= 4 is 40.2 Å². The number of nitrogens with zero attached hydrogens (tertiary/aromatic N) is 5. The first-order valence-corrected chi connectivity index (χ1v) is 10.0. The van der Waals surface area contributed by atoms with E-state index in [9.17, 15) is 9.59 Å². The van der Waals surface area contributed by atoms with Gasteiger partial charge < -0.3 is 9.80 Å². The molecule has 1 aromatic carbocycles. The fraction of sp³-hybridized carbons (Fsp3) is 0.353. The van der Waals surface area contributed by atoms with Crippen LogP contribution < -0.4 is 5.32 Å². The first-order valence-electron chi connectivity index (χ1n) is 8.38. The molecule has 1 N–H and O–H groups in total. The molecule has 1 fully saturated rings. The molecule has 0 saturated carbocycles. The Morgan fingerprint density at radius 1 is 1.26 bits per heavy atom. The smallest absolute Gasteiger partial charge is 0.325 e. The molecule has 8 nitrogen and oxygen atoms in total. The van der Waals surface area contributed by atoms with Crippen LogP contribution in [0.5, 0.6) is 0 Å². The van der Waals surface area contributed by atoms with E-state index in [0.717, 1.165) is 20.5 Å². The van der Waals surface area contributed by atoms with Gasteiger partial charge in [-0.3, -0.25) is 10.1 Å². The molecule has 2 atom stereocenters. The van der Waals surface area contributed by atoms with Crippen LogP contribution in [0.15, 0.2) is 33.6 Å². The van der Waals surface area contributed by atoms with Crippen molar-refractivity contribution in [2.24, 2.45) is 4.99 Å². The Hall–Kier alpha value is -2.46. The minimum Gasteiger partial charge on any atom is -0.331 e. The molecule has 2 aliphatic rings. The van der Waals surface area contributed by atoms with Gasteiger partial charge in [-0.05, 0) is 31.2 Å². The van der Waals surface area contributed by atoms with E-state index in [1.165, 1.54) is 28.0 Å². The number of likely N-dealkylation sites (N-methyl/N-ethyl adjacent to an activating group) is 1. The molecule has 2 unspecified atom stereocenters. The van der Waals surface area contributed by atoms with Crippen LogP contribution in [0.2, 0.25) is 0 Å². The number of hydrogen-bond acceptors (Lipinski definition) is 8. The number of benzene rings is 1. The third-order valence-electron chi connectivity index (χ3n) is 4.44. The second kappa shape index (κ2) is 6.93. The van der Waals surface area contributed by atoms with E-state index in [2.05, 4.69) is 26.6 Å². The molecule has 140 valence electrons. The highest BCUT2D eigenvalue weighted by Crippen LogP contribution is 2.34. The maximum atomic E-state index is 12.6. The Bertz CT molecular complexity index is 943. The van der Waals surface area contributed by atoms with E-state index in [1.54, 1.807) is 7.05 Å². The van der Waals surface area contributed by atoms with Gasteiger partial charge in [0.25, 0.3) is 5.91 Å². The van der Waals surface area contributed by atoms with E-state index in [4.69, 9.17) is 0 Å². The summed E-state index contributed by atoms with van der Waals surface area (Å²) in [7, 11) is 1.65. The minimum atomic E-state index is -0.565. The Kier molecular flexibility index (Phi) is 4.60. The number of nitrogens with one attached hydrogen (secondary N) is 1. The quantitative estimate of drug-likeness (QED) is 0.844. The Labute approximate surface area is 164 Å². The number of aryl methyl sites for hydroxylation is 2. The van der Waals surface area contributed by atoms with Crippen LogP contribution in [-0.2, 0) is 11.3 Å². The molecule has 0 spiro atoms. The molecule has 1 saturated heterocycles. The van der Waals surface area contributed by atoms with Crippen LogP contribution in [0.25, 0.3) is 0 Å². The summed E-state index contributed by atoms with van der Waals surface area (Å²) in [4.78, 5) is 32.7. The number of carbonyl (C=O) groups is 2. The normalized spacial score (nSPS) is 22.0. The summed E-state index contributed by atoms with van der Waals surface area (Å²) in [6, 6.07) is 7.13. The number of amides is 3. The highest BCUT2D eigenvalue weighted by molar-refractivity contribution is 8.15. The van der Waals surface area contributed by atoms with Gasteiger partial charge in [0.05, 0.1) is 0 Å². The summed E-state index contributed by atoms with van der Waals surface area (Å²) >= 11 is 2.85. The number of hydrogen-bond donors (Lipinski definition) is 1. The van der Waals surface area contributed by atoms with Gasteiger partial charge in [0.2, 0.25) is 0 Å². The van der Waals surface area contributed by atoms with Crippen molar-refractivity contribution < 1.29 is 9.59 Å². The van der Waals surface area contributed by atoms with E-state index in [-0.39, 0.29) is 5.91 Å². The molecular formula is C17H18N6O2S2. The zero-order valence-corrected chi connectivity index (χ0v) is 16.7. The summed E-state index contributed by atoms with van der Waals surface area (Å²) in [6.07, 6.45) is -0.549. The van der Waals surface area contributed by atoms with Crippen molar-refractivity contribution in [1.29, 1.82) is 0 Å². The van der Waals surface area contributed by atoms with Crippen molar-refractivity contribution in [2.45, 2.75) is 36.9 Å². The molecule has 0 aliphatic carbocycles. The van der Waals surface area contributed by atoms with Crippen LogP contribution >= 0.6 is 23.1 Å². The number of imide groups is 1. The summed E-state index contributed by atoms with van der Waals surface area (Å²) in [5.74, 6) is -0.330. The molecule has 0 radical (unpaired) electrons. The second-order valence-electron chi connectivity index (χ2n) is 6.48. The van der Waals surface area contributed by atoms with Crippen LogP contribution in [0.1, 0.15) is 16.1 Å². The van der Waals surface area contributed by atoms with Crippen molar-refractivity contribution in [3.8, 4) is 0 Å². The summed E-state index contributed by atoms with van der Waals surface area (Å²) in [6.45, 7) is 4.44. The van der Waals surface area contributed by atoms with E-state index in [0.29, 0.717) is 11.7 Å².